The SMILES string of the molecule is Brc1cc(Br)cc(C#Cc2cc(Br)cc(Br)c2)c1. The molecule has 0 aliphatic heterocycles. The third kappa shape index (κ3) is 4.24. The third-order valence-electron chi connectivity index (χ3n) is 2.08. The van der Waals surface area contributed by atoms with Crippen molar-refractivity contribution >= 4 is 63.7 Å². The van der Waals surface area contributed by atoms with E-state index in [0.29, 0.717) is 0 Å². The Labute approximate surface area is 140 Å². The summed E-state index contributed by atoms with van der Waals surface area (Å²) in [4.78, 5) is 0. The first-order valence-corrected chi connectivity index (χ1v) is 8.14. The van der Waals surface area contributed by atoms with E-state index in [1.165, 1.54) is 0 Å². The molecule has 2 rings (SSSR count). The van der Waals surface area contributed by atoms with Gasteiger partial charge in [-0.2, -0.15) is 0 Å². The summed E-state index contributed by atoms with van der Waals surface area (Å²) in [6.45, 7) is 0. The average molecular weight is 494 g/mol. The molecule has 0 aliphatic rings. The molecule has 0 fully saturated rings. The van der Waals surface area contributed by atoms with E-state index in [-0.39, 0.29) is 0 Å². The van der Waals surface area contributed by atoms with Crippen molar-refractivity contribution < 1.29 is 0 Å². The van der Waals surface area contributed by atoms with Crippen LogP contribution in [0.15, 0.2) is 54.3 Å². The van der Waals surface area contributed by atoms with Gasteiger partial charge in [0.15, 0.2) is 0 Å². The van der Waals surface area contributed by atoms with E-state index >= 15 is 0 Å². The first kappa shape index (κ1) is 14.3. The maximum atomic E-state index is 3.45. The van der Waals surface area contributed by atoms with Crippen molar-refractivity contribution in [2.45, 2.75) is 0 Å². The lowest BCUT2D eigenvalue weighted by Crippen LogP contribution is -1.78. The highest BCUT2D eigenvalue weighted by atomic mass is 79.9. The molecule has 0 amide bonds. The minimum atomic E-state index is 0.965. The zero-order valence-corrected chi connectivity index (χ0v) is 15.3. The van der Waals surface area contributed by atoms with Gasteiger partial charge in [0.2, 0.25) is 0 Å². The van der Waals surface area contributed by atoms with Gasteiger partial charge in [0, 0.05) is 29.0 Å². The summed E-state index contributed by atoms with van der Waals surface area (Å²) < 4.78 is 4.04. The van der Waals surface area contributed by atoms with Crippen molar-refractivity contribution in [3.05, 3.63) is 65.4 Å². The van der Waals surface area contributed by atoms with Crippen molar-refractivity contribution in [1.82, 2.24) is 0 Å². The highest BCUT2D eigenvalue weighted by Gasteiger charge is 1.96. The van der Waals surface area contributed by atoms with Crippen molar-refractivity contribution in [1.29, 1.82) is 0 Å². The monoisotopic (exact) mass is 490 g/mol. The van der Waals surface area contributed by atoms with Crippen LogP contribution < -0.4 is 0 Å². The van der Waals surface area contributed by atoms with E-state index in [1.54, 1.807) is 0 Å². The smallest absolute Gasteiger partial charge is 0.0271 e. The summed E-state index contributed by atoms with van der Waals surface area (Å²) in [6.07, 6.45) is 0. The van der Waals surface area contributed by atoms with Crippen molar-refractivity contribution in [2.24, 2.45) is 0 Å². The lowest BCUT2D eigenvalue weighted by Gasteiger charge is -1.97. The second-order valence-corrected chi connectivity index (χ2v) is 7.23. The Morgan fingerprint density at radius 1 is 0.500 bits per heavy atom. The highest BCUT2D eigenvalue weighted by Crippen LogP contribution is 2.21. The first-order chi connectivity index (χ1) is 8.52. The fourth-order valence-corrected chi connectivity index (χ4v) is 3.98. The van der Waals surface area contributed by atoms with Crippen LogP contribution in [0.4, 0.5) is 0 Å². The van der Waals surface area contributed by atoms with Crippen LogP contribution in [0.5, 0.6) is 0 Å². The van der Waals surface area contributed by atoms with Gasteiger partial charge in [-0.15, -0.1) is 0 Å². The molecule has 2 aromatic rings. The highest BCUT2D eigenvalue weighted by molar-refractivity contribution is 9.11. The Morgan fingerprint density at radius 2 is 0.778 bits per heavy atom. The molecule has 2 aromatic carbocycles. The van der Waals surface area contributed by atoms with E-state index in [9.17, 15) is 0 Å². The summed E-state index contributed by atoms with van der Waals surface area (Å²) in [5.41, 5.74) is 1.93. The molecule has 0 aliphatic carbocycles. The minimum Gasteiger partial charge on any atom is -0.0616 e. The van der Waals surface area contributed by atoms with Gasteiger partial charge in [-0.1, -0.05) is 75.6 Å². The second-order valence-electron chi connectivity index (χ2n) is 3.57. The summed E-state index contributed by atoms with van der Waals surface area (Å²) in [5, 5.41) is 0. The van der Waals surface area contributed by atoms with E-state index in [2.05, 4.69) is 75.6 Å². The quantitative estimate of drug-likeness (QED) is 0.387. The van der Waals surface area contributed by atoms with Crippen LogP contribution >= 0.6 is 63.7 Å². The number of rotatable bonds is 0. The van der Waals surface area contributed by atoms with E-state index in [4.69, 9.17) is 0 Å². The lowest BCUT2D eigenvalue weighted by atomic mass is 10.2. The molecule has 0 spiro atoms. The number of halogens is 4. The molecule has 0 bridgehead atoms. The fourth-order valence-electron chi connectivity index (χ4n) is 1.40. The predicted molar refractivity (Wildman–Crippen MR) is 89.7 cm³/mol. The van der Waals surface area contributed by atoms with E-state index < -0.39 is 0 Å². The largest absolute Gasteiger partial charge is 0.0616 e. The Bertz CT molecular complexity index is 555. The average Bonchev–Trinajstić information content (AvgIpc) is 2.23. The van der Waals surface area contributed by atoms with Crippen LogP contribution in [0.1, 0.15) is 11.1 Å². The van der Waals surface area contributed by atoms with Crippen LogP contribution in [0.25, 0.3) is 0 Å². The van der Waals surface area contributed by atoms with Crippen LogP contribution in [-0.4, -0.2) is 0 Å². The summed E-state index contributed by atoms with van der Waals surface area (Å²) in [5.74, 6) is 6.29. The van der Waals surface area contributed by atoms with E-state index in [0.717, 1.165) is 29.0 Å². The molecule has 0 atom stereocenters. The van der Waals surface area contributed by atoms with Crippen LogP contribution in [0.3, 0.4) is 0 Å². The molecule has 0 aromatic heterocycles. The molecule has 4 heteroatoms. The maximum absolute atomic E-state index is 3.45. The van der Waals surface area contributed by atoms with Crippen molar-refractivity contribution in [2.75, 3.05) is 0 Å². The van der Waals surface area contributed by atoms with Crippen molar-refractivity contribution in [3.63, 3.8) is 0 Å². The molecule has 0 radical (unpaired) electrons. The van der Waals surface area contributed by atoms with Gasteiger partial charge in [-0.25, -0.2) is 0 Å². The van der Waals surface area contributed by atoms with Crippen LogP contribution in [0, 0.1) is 11.8 Å². The normalized spacial score (nSPS) is 9.78. The molecule has 18 heavy (non-hydrogen) atoms. The van der Waals surface area contributed by atoms with Gasteiger partial charge >= 0.3 is 0 Å². The predicted octanol–water partition coefficient (Wildman–Crippen LogP) is 6.14. The second kappa shape index (κ2) is 6.38. The van der Waals surface area contributed by atoms with Gasteiger partial charge in [0.1, 0.15) is 0 Å². The number of hydrogen-bond acceptors (Lipinski definition) is 0. The molecule has 0 heterocycles. The zero-order valence-electron chi connectivity index (χ0n) is 8.98. The van der Waals surface area contributed by atoms with Gasteiger partial charge in [0.05, 0.1) is 0 Å². The van der Waals surface area contributed by atoms with E-state index in [1.807, 2.05) is 36.4 Å². The van der Waals surface area contributed by atoms with Crippen LogP contribution in [0.2, 0.25) is 0 Å². The van der Waals surface area contributed by atoms with Gasteiger partial charge in [-0.05, 0) is 36.4 Å². The minimum absolute atomic E-state index is 0.965. The lowest BCUT2D eigenvalue weighted by molar-refractivity contribution is 1.54. The summed E-state index contributed by atoms with van der Waals surface area (Å²) in [7, 11) is 0. The van der Waals surface area contributed by atoms with Crippen molar-refractivity contribution in [3.8, 4) is 11.8 Å². The van der Waals surface area contributed by atoms with Crippen LogP contribution in [-0.2, 0) is 0 Å². The molecule has 0 unspecified atom stereocenters. The van der Waals surface area contributed by atoms with Gasteiger partial charge in [-0.3, -0.25) is 0 Å². The standard InChI is InChI=1S/C14H6Br4/c15-11-3-9(4-12(16)7-11)1-2-10-5-13(17)8-14(18)6-10/h3-8H. The zero-order chi connectivity index (χ0) is 13.1. The number of benzene rings is 2. The molecular formula is C14H6Br4. The molecular weight excluding hydrogens is 488 g/mol. The van der Waals surface area contributed by atoms with Gasteiger partial charge < -0.3 is 0 Å². The molecule has 90 valence electrons. The summed E-state index contributed by atoms with van der Waals surface area (Å²) >= 11 is 13.8. The Morgan fingerprint density at radius 3 is 1.06 bits per heavy atom. The molecule has 0 nitrogen and oxygen atoms in total. The van der Waals surface area contributed by atoms with Gasteiger partial charge in [0.25, 0.3) is 0 Å². The fraction of sp³-hybridized carbons (Fsp3) is 0. The summed E-state index contributed by atoms with van der Waals surface area (Å²) in [6, 6.07) is 11.9. The Kier molecular flexibility index (Phi) is 5.08. The third-order valence-corrected chi connectivity index (χ3v) is 3.91. The number of hydrogen-bond donors (Lipinski definition) is 0. The Hall–Kier alpha value is -0.0800. The topological polar surface area (TPSA) is 0 Å². The Balaban J connectivity index is 2.36. The maximum Gasteiger partial charge on any atom is 0.0271 e. The first-order valence-electron chi connectivity index (χ1n) is 4.97. The molecule has 0 saturated heterocycles. The molecule has 0 saturated carbocycles. The molecule has 0 N–H and O–H groups in total.